The molecule has 0 aliphatic rings. The molecule has 0 aliphatic carbocycles. The van der Waals surface area contributed by atoms with Crippen molar-refractivity contribution in [1.29, 1.82) is 0 Å². The van der Waals surface area contributed by atoms with E-state index in [1.807, 2.05) is 0 Å². The second-order valence-electron chi connectivity index (χ2n) is 3.30. The third-order valence-corrected chi connectivity index (χ3v) is 2.24. The fourth-order valence-electron chi connectivity index (χ4n) is 1.28. The Bertz CT molecular complexity index is 431. The average molecular weight is 224 g/mol. The number of esters is 1. The van der Waals surface area contributed by atoms with Gasteiger partial charge in [-0.05, 0) is 12.5 Å². The van der Waals surface area contributed by atoms with Crippen molar-refractivity contribution >= 4 is 11.7 Å². The van der Waals surface area contributed by atoms with Gasteiger partial charge in [-0.15, -0.1) is 0 Å². The number of hydrogen-bond donors (Lipinski definition) is 1. The maximum Gasteiger partial charge on any atom is 0.327 e. The average Bonchev–Trinajstić information content (AvgIpc) is 2.27. The van der Waals surface area contributed by atoms with Crippen LogP contribution in [0.3, 0.4) is 0 Å². The summed E-state index contributed by atoms with van der Waals surface area (Å²) in [6.07, 6.45) is 0. The van der Waals surface area contributed by atoms with Crippen LogP contribution in [0.25, 0.3) is 0 Å². The molecule has 1 rings (SSSR count). The zero-order valence-corrected chi connectivity index (χ0v) is 8.97. The lowest BCUT2D eigenvalue weighted by atomic mass is 10.0. The van der Waals surface area contributed by atoms with E-state index in [2.05, 4.69) is 4.74 Å². The van der Waals surface area contributed by atoms with Crippen LogP contribution < -0.4 is 5.73 Å². The van der Waals surface area contributed by atoms with Gasteiger partial charge in [-0.25, -0.2) is 0 Å². The highest BCUT2D eigenvalue weighted by atomic mass is 16.6. The summed E-state index contributed by atoms with van der Waals surface area (Å²) in [7, 11) is 1.21. The number of carbonyl (C=O) groups is 1. The van der Waals surface area contributed by atoms with E-state index in [-0.39, 0.29) is 5.69 Å². The molecule has 1 atom stereocenters. The molecule has 0 saturated carbocycles. The van der Waals surface area contributed by atoms with Gasteiger partial charge in [0.25, 0.3) is 5.69 Å². The predicted octanol–water partition coefficient (Wildman–Crippen LogP) is 1.08. The van der Waals surface area contributed by atoms with Gasteiger partial charge in [0.05, 0.1) is 12.0 Å². The number of benzene rings is 1. The Kier molecular flexibility index (Phi) is 3.57. The minimum Gasteiger partial charge on any atom is -0.468 e. The lowest BCUT2D eigenvalue weighted by Gasteiger charge is -2.09. The minimum atomic E-state index is -0.996. The Hall–Kier alpha value is -1.95. The Morgan fingerprint density at radius 1 is 1.56 bits per heavy atom. The number of carbonyl (C=O) groups excluding carboxylic acids is 1. The lowest BCUT2D eigenvalue weighted by Crippen LogP contribution is -2.22. The summed E-state index contributed by atoms with van der Waals surface area (Å²) in [5, 5.41) is 10.7. The Balaban J connectivity index is 3.12. The highest BCUT2D eigenvalue weighted by Gasteiger charge is 2.20. The molecule has 0 fully saturated rings. The van der Waals surface area contributed by atoms with E-state index >= 15 is 0 Å². The van der Waals surface area contributed by atoms with Crippen molar-refractivity contribution in [2.24, 2.45) is 5.73 Å². The molecule has 6 nitrogen and oxygen atoms in total. The van der Waals surface area contributed by atoms with Crippen molar-refractivity contribution in [1.82, 2.24) is 0 Å². The first-order valence-corrected chi connectivity index (χ1v) is 4.55. The number of ether oxygens (including phenoxy) is 1. The molecule has 0 unspecified atom stereocenters. The summed E-state index contributed by atoms with van der Waals surface area (Å²) in [4.78, 5) is 21.3. The first-order valence-electron chi connectivity index (χ1n) is 4.55. The third kappa shape index (κ3) is 2.34. The van der Waals surface area contributed by atoms with E-state index in [0.29, 0.717) is 11.1 Å². The van der Waals surface area contributed by atoms with Crippen LogP contribution in [0.2, 0.25) is 0 Å². The predicted molar refractivity (Wildman–Crippen MR) is 56.8 cm³/mol. The fourth-order valence-corrected chi connectivity index (χ4v) is 1.28. The molecule has 0 aromatic heterocycles. The van der Waals surface area contributed by atoms with Gasteiger partial charge in [0.1, 0.15) is 6.04 Å². The third-order valence-electron chi connectivity index (χ3n) is 2.24. The van der Waals surface area contributed by atoms with E-state index in [4.69, 9.17) is 5.73 Å². The smallest absolute Gasteiger partial charge is 0.327 e. The van der Waals surface area contributed by atoms with E-state index in [0.717, 1.165) is 0 Å². The second kappa shape index (κ2) is 4.71. The molecular weight excluding hydrogens is 212 g/mol. The summed E-state index contributed by atoms with van der Waals surface area (Å²) < 4.78 is 4.46. The minimum absolute atomic E-state index is 0.0585. The summed E-state index contributed by atoms with van der Waals surface area (Å²) in [5.74, 6) is -0.627. The number of nitrogens with zero attached hydrogens (tertiary/aromatic N) is 1. The van der Waals surface area contributed by atoms with Crippen LogP contribution in [0.4, 0.5) is 5.69 Å². The van der Waals surface area contributed by atoms with Gasteiger partial charge in [-0.1, -0.05) is 12.1 Å². The number of nitrogens with two attached hydrogens (primary N) is 1. The van der Waals surface area contributed by atoms with Crippen LogP contribution in [-0.4, -0.2) is 18.0 Å². The summed E-state index contributed by atoms with van der Waals surface area (Å²) in [6.45, 7) is 1.62. The van der Waals surface area contributed by atoms with Gasteiger partial charge in [0.15, 0.2) is 0 Å². The number of aryl methyl sites for hydroxylation is 1. The molecule has 86 valence electrons. The normalized spacial score (nSPS) is 11.9. The molecule has 0 saturated heterocycles. The molecule has 0 aliphatic heterocycles. The SMILES string of the molecule is COC(=O)[C@H](N)c1ccc(C)c([N+](=O)[O-])c1. The van der Waals surface area contributed by atoms with Crippen LogP contribution in [0.1, 0.15) is 17.2 Å². The van der Waals surface area contributed by atoms with Crippen molar-refractivity contribution in [2.75, 3.05) is 7.11 Å². The summed E-state index contributed by atoms with van der Waals surface area (Å²) >= 11 is 0. The van der Waals surface area contributed by atoms with Crippen molar-refractivity contribution in [3.63, 3.8) is 0 Å². The van der Waals surface area contributed by atoms with Crippen LogP contribution in [0.5, 0.6) is 0 Å². The molecule has 1 aromatic carbocycles. The molecule has 0 heterocycles. The Labute approximate surface area is 92.2 Å². The van der Waals surface area contributed by atoms with Gasteiger partial charge in [0, 0.05) is 11.6 Å². The summed E-state index contributed by atoms with van der Waals surface area (Å²) in [6, 6.07) is 3.42. The number of nitro benzene ring substituents is 1. The molecule has 0 amide bonds. The van der Waals surface area contributed by atoms with Crippen molar-refractivity contribution in [2.45, 2.75) is 13.0 Å². The fraction of sp³-hybridized carbons (Fsp3) is 0.300. The first-order chi connectivity index (χ1) is 7.47. The number of rotatable bonds is 3. The van der Waals surface area contributed by atoms with Gasteiger partial charge in [0.2, 0.25) is 0 Å². The summed E-state index contributed by atoms with van der Waals surface area (Å²) in [5.41, 5.74) is 6.40. The van der Waals surface area contributed by atoms with Gasteiger partial charge in [-0.2, -0.15) is 0 Å². The van der Waals surface area contributed by atoms with Crippen LogP contribution in [0, 0.1) is 17.0 Å². The van der Waals surface area contributed by atoms with Crippen LogP contribution in [0.15, 0.2) is 18.2 Å². The number of methoxy groups -OCH3 is 1. The zero-order chi connectivity index (χ0) is 12.3. The van der Waals surface area contributed by atoms with Crippen molar-refractivity contribution < 1.29 is 14.5 Å². The Morgan fingerprint density at radius 3 is 2.69 bits per heavy atom. The van der Waals surface area contributed by atoms with E-state index < -0.39 is 16.9 Å². The molecule has 0 bridgehead atoms. The van der Waals surface area contributed by atoms with E-state index in [1.54, 1.807) is 19.1 Å². The maximum atomic E-state index is 11.2. The number of hydrogen-bond acceptors (Lipinski definition) is 5. The van der Waals surface area contributed by atoms with Crippen molar-refractivity contribution in [3.05, 3.63) is 39.4 Å². The highest BCUT2D eigenvalue weighted by Crippen LogP contribution is 2.22. The van der Waals surface area contributed by atoms with Gasteiger partial charge in [-0.3, -0.25) is 14.9 Å². The Morgan fingerprint density at radius 2 is 2.19 bits per heavy atom. The topological polar surface area (TPSA) is 95.5 Å². The molecule has 2 N–H and O–H groups in total. The zero-order valence-electron chi connectivity index (χ0n) is 8.97. The van der Waals surface area contributed by atoms with E-state index in [1.165, 1.54) is 13.2 Å². The molecule has 1 aromatic rings. The molecular formula is C10H12N2O4. The monoisotopic (exact) mass is 224 g/mol. The number of nitro groups is 1. The van der Waals surface area contributed by atoms with Crippen molar-refractivity contribution in [3.8, 4) is 0 Å². The molecule has 0 radical (unpaired) electrons. The van der Waals surface area contributed by atoms with Gasteiger partial charge < -0.3 is 10.5 Å². The standard InChI is InChI=1S/C10H12N2O4/c1-6-3-4-7(5-8(6)12(14)15)9(11)10(13)16-2/h3-5,9H,11H2,1-2H3/t9-/m1/s1. The maximum absolute atomic E-state index is 11.2. The highest BCUT2D eigenvalue weighted by molar-refractivity contribution is 5.77. The van der Waals surface area contributed by atoms with Crippen LogP contribution >= 0.6 is 0 Å². The molecule has 6 heteroatoms. The van der Waals surface area contributed by atoms with Crippen LogP contribution in [-0.2, 0) is 9.53 Å². The van der Waals surface area contributed by atoms with E-state index in [9.17, 15) is 14.9 Å². The lowest BCUT2D eigenvalue weighted by molar-refractivity contribution is -0.385. The molecule has 16 heavy (non-hydrogen) atoms. The quantitative estimate of drug-likeness (QED) is 0.470. The first kappa shape index (κ1) is 12.1. The molecule has 0 spiro atoms. The largest absolute Gasteiger partial charge is 0.468 e. The van der Waals surface area contributed by atoms with Gasteiger partial charge >= 0.3 is 5.97 Å². The second-order valence-corrected chi connectivity index (χ2v) is 3.30.